The number of benzene rings is 2. The van der Waals surface area contributed by atoms with E-state index in [-0.39, 0.29) is 0 Å². The average molecular weight is 458 g/mol. The van der Waals surface area contributed by atoms with Gasteiger partial charge < -0.3 is 9.30 Å². The molecule has 1 aromatic heterocycles. The fourth-order valence-corrected chi connectivity index (χ4v) is 7.37. The summed E-state index contributed by atoms with van der Waals surface area (Å²) < 4.78 is 35.2. The second-order valence-corrected chi connectivity index (χ2v) is 11.1. The first-order valence-electron chi connectivity index (χ1n) is 10.9. The van der Waals surface area contributed by atoms with Gasteiger partial charge in [-0.05, 0) is 55.5 Å². The maximum absolute atomic E-state index is 13.1. The molecule has 0 amide bonds. The van der Waals surface area contributed by atoms with Gasteiger partial charge in [-0.3, -0.25) is 0 Å². The van der Waals surface area contributed by atoms with Gasteiger partial charge in [0.25, 0.3) is 0 Å². The summed E-state index contributed by atoms with van der Waals surface area (Å²) in [7, 11) is -3.53. The van der Waals surface area contributed by atoms with Crippen LogP contribution in [-0.2, 0) is 27.7 Å². The third kappa shape index (κ3) is 3.91. The number of thioether (sulfide) groups is 1. The molecule has 0 spiro atoms. The lowest BCUT2D eigenvalue weighted by atomic mass is 9.91. The Hall–Kier alpha value is -1.87. The second-order valence-electron chi connectivity index (χ2n) is 8.00. The minimum atomic E-state index is -3.53. The highest BCUT2D eigenvalue weighted by Gasteiger charge is 2.28. The van der Waals surface area contributed by atoms with Crippen molar-refractivity contribution in [2.75, 3.05) is 26.3 Å². The zero-order chi connectivity index (χ0) is 21.4. The third-order valence-corrected chi connectivity index (χ3v) is 9.36. The molecule has 0 N–H and O–H groups in total. The molecule has 1 unspecified atom stereocenters. The van der Waals surface area contributed by atoms with Gasteiger partial charge in [0.05, 0.1) is 29.1 Å². The highest BCUT2D eigenvalue weighted by atomic mass is 32.2. The van der Waals surface area contributed by atoms with Crippen molar-refractivity contribution in [1.29, 1.82) is 0 Å². The molecule has 1 aliphatic carbocycles. The topological polar surface area (TPSA) is 64.4 Å². The van der Waals surface area contributed by atoms with Gasteiger partial charge in [-0.2, -0.15) is 4.31 Å². The Balaban J connectivity index is 1.49. The van der Waals surface area contributed by atoms with Crippen LogP contribution in [0.1, 0.15) is 36.1 Å². The van der Waals surface area contributed by atoms with Gasteiger partial charge in [0.15, 0.2) is 5.16 Å². The number of hydrogen-bond acceptors (Lipinski definition) is 5. The van der Waals surface area contributed by atoms with Crippen LogP contribution in [0, 0.1) is 0 Å². The van der Waals surface area contributed by atoms with Crippen molar-refractivity contribution in [2.24, 2.45) is 0 Å². The number of sulfonamides is 1. The van der Waals surface area contributed by atoms with Crippen molar-refractivity contribution < 1.29 is 13.2 Å². The number of rotatable bonds is 5. The summed E-state index contributed by atoms with van der Waals surface area (Å²) in [5.74, 6) is 0. The molecule has 2 heterocycles. The molecule has 31 heavy (non-hydrogen) atoms. The van der Waals surface area contributed by atoms with E-state index in [1.165, 1.54) is 21.9 Å². The first kappa shape index (κ1) is 21.0. The number of hydrogen-bond donors (Lipinski definition) is 0. The fourth-order valence-electron chi connectivity index (χ4n) is 4.54. The van der Waals surface area contributed by atoms with Crippen LogP contribution in [0.25, 0.3) is 11.0 Å². The zero-order valence-corrected chi connectivity index (χ0v) is 19.3. The molecule has 1 aliphatic heterocycles. The molecule has 1 fully saturated rings. The van der Waals surface area contributed by atoms with E-state index in [1.807, 2.05) is 6.07 Å². The molecule has 2 aliphatic rings. The first-order chi connectivity index (χ1) is 15.1. The summed E-state index contributed by atoms with van der Waals surface area (Å²) in [5.41, 5.74) is 4.56. The van der Waals surface area contributed by atoms with Crippen LogP contribution < -0.4 is 0 Å². The molecule has 164 valence electrons. The van der Waals surface area contributed by atoms with Gasteiger partial charge in [0.2, 0.25) is 10.0 Å². The summed E-state index contributed by atoms with van der Waals surface area (Å²) in [4.78, 5) is 5.20. The van der Waals surface area contributed by atoms with E-state index >= 15 is 0 Å². The van der Waals surface area contributed by atoms with Gasteiger partial charge in [0.1, 0.15) is 0 Å². The van der Waals surface area contributed by atoms with E-state index in [2.05, 4.69) is 35.8 Å². The van der Waals surface area contributed by atoms with Crippen LogP contribution in [0.4, 0.5) is 0 Å². The maximum atomic E-state index is 13.1. The van der Waals surface area contributed by atoms with Crippen LogP contribution in [0.2, 0.25) is 0 Å². The van der Waals surface area contributed by atoms with Crippen molar-refractivity contribution in [3.63, 3.8) is 0 Å². The van der Waals surface area contributed by atoms with E-state index in [4.69, 9.17) is 9.72 Å². The number of morpholine rings is 1. The molecule has 0 radical (unpaired) electrons. The van der Waals surface area contributed by atoms with Crippen LogP contribution in [0.5, 0.6) is 0 Å². The normalized spacial score (nSPS) is 20.1. The van der Waals surface area contributed by atoms with E-state index in [0.29, 0.717) is 36.4 Å². The number of ether oxygens (including phenoxy) is 1. The zero-order valence-electron chi connectivity index (χ0n) is 17.7. The monoisotopic (exact) mass is 457 g/mol. The van der Waals surface area contributed by atoms with Crippen molar-refractivity contribution in [3.05, 3.63) is 53.6 Å². The molecule has 2 aromatic carbocycles. The Morgan fingerprint density at radius 2 is 1.97 bits per heavy atom. The van der Waals surface area contributed by atoms with Gasteiger partial charge in [-0.15, -0.1) is 0 Å². The Morgan fingerprint density at radius 3 is 2.77 bits per heavy atom. The van der Waals surface area contributed by atoms with Gasteiger partial charge in [0, 0.05) is 24.9 Å². The van der Waals surface area contributed by atoms with Gasteiger partial charge in [-0.25, -0.2) is 13.4 Å². The largest absolute Gasteiger partial charge is 0.379 e. The molecule has 0 saturated carbocycles. The minimum absolute atomic E-state index is 0.308. The Kier molecular flexibility index (Phi) is 5.81. The van der Waals surface area contributed by atoms with Crippen molar-refractivity contribution >= 4 is 32.8 Å². The SMILES string of the molecule is CCn1c(SC2CCCc3ccccc32)nc2cc(S(=O)(=O)N3CCOCC3)ccc21. The lowest BCUT2D eigenvalue weighted by Gasteiger charge is -2.26. The summed E-state index contributed by atoms with van der Waals surface area (Å²) >= 11 is 1.80. The molecule has 6 nitrogen and oxygen atoms in total. The molecule has 3 aromatic rings. The Morgan fingerprint density at radius 1 is 1.16 bits per heavy atom. The highest BCUT2D eigenvalue weighted by Crippen LogP contribution is 2.43. The number of imidazole rings is 1. The van der Waals surface area contributed by atoms with Crippen LogP contribution >= 0.6 is 11.8 Å². The average Bonchev–Trinajstić information content (AvgIpc) is 3.16. The summed E-state index contributed by atoms with van der Waals surface area (Å²) in [6.45, 7) is 4.57. The maximum Gasteiger partial charge on any atom is 0.243 e. The highest BCUT2D eigenvalue weighted by molar-refractivity contribution is 7.99. The van der Waals surface area contributed by atoms with Crippen LogP contribution in [-0.4, -0.2) is 48.6 Å². The smallest absolute Gasteiger partial charge is 0.243 e. The van der Waals surface area contributed by atoms with Crippen molar-refractivity contribution in [3.8, 4) is 0 Å². The molecular formula is C23H27N3O3S2. The fraction of sp³-hybridized carbons (Fsp3) is 0.435. The minimum Gasteiger partial charge on any atom is -0.379 e. The first-order valence-corrected chi connectivity index (χ1v) is 13.2. The summed E-state index contributed by atoms with van der Waals surface area (Å²) in [6.07, 6.45) is 3.45. The predicted molar refractivity (Wildman–Crippen MR) is 123 cm³/mol. The van der Waals surface area contributed by atoms with Gasteiger partial charge in [-0.1, -0.05) is 36.0 Å². The van der Waals surface area contributed by atoms with Crippen LogP contribution in [0.15, 0.2) is 52.5 Å². The quantitative estimate of drug-likeness (QED) is 0.573. The van der Waals surface area contributed by atoms with Crippen molar-refractivity contribution in [2.45, 2.75) is 48.0 Å². The van der Waals surface area contributed by atoms with Crippen LogP contribution in [0.3, 0.4) is 0 Å². The number of nitrogens with zero attached hydrogens (tertiary/aromatic N) is 3. The van der Waals surface area contributed by atoms with E-state index in [9.17, 15) is 8.42 Å². The lowest BCUT2D eigenvalue weighted by molar-refractivity contribution is 0.0730. The van der Waals surface area contributed by atoms with E-state index in [1.54, 1.807) is 23.9 Å². The Bertz CT molecular complexity index is 1200. The predicted octanol–water partition coefficient (Wildman–Crippen LogP) is 4.25. The molecule has 1 saturated heterocycles. The van der Waals surface area contributed by atoms with Gasteiger partial charge >= 0.3 is 0 Å². The Labute approximate surface area is 187 Å². The molecule has 1 atom stereocenters. The number of aryl methyl sites for hydroxylation is 2. The summed E-state index contributed by atoms with van der Waals surface area (Å²) in [6, 6.07) is 14.0. The van der Waals surface area contributed by atoms with E-state index in [0.717, 1.165) is 35.6 Å². The lowest BCUT2D eigenvalue weighted by Crippen LogP contribution is -2.40. The third-order valence-electron chi connectivity index (χ3n) is 6.17. The second kappa shape index (κ2) is 8.58. The standard InChI is InChI=1S/C23H27N3O3S2/c1-2-26-21-11-10-18(31(27,28)25-12-14-29-15-13-25)16-20(21)24-23(26)30-22-9-5-7-17-6-3-4-8-19(17)22/h3-4,6,8,10-11,16,22H,2,5,7,9,12-15H2,1H3. The molecule has 0 bridgehead atoms. The molecule has 5 rings (SSSR count). The van der Waals surface area contributed by atoms with E-state index < -0.39 is 10.0 Å². The molecule has 8 heteroatoms. The number of fused-ring (bicyclic) bond motifs is 2. The molecular weight excluding hydrogens is 430 g/mol. The van der Waals surface area contributed by atoms with Crippen molar-refractivity contribution in [1.82, 2.24) is 13.9 Å². The summed E-state index contributed by atoms with van der Waals surface area (Å²) in [5, 5.41) is 1.34. The number of aromatic nitrogens is 2.